The summed E-state index contributed by atoms with van der Waals surface area (Å²) in [7, 11) is 0. The molecular formula is C15H15ClN2O2. The number of aromatic nitrogens is 1. The van der Waals surface area contributed by atoms with Gasteiger partial charge in [0.05, 0.1) is 17.2 Å². The van der Waals surface area contributed by atoms with Crippen molar-refractivity contribution in [1.82, 2.24) is 9.88 Å². The maximum Gasteiger partial charge on any atom is 0.254 e. The van der Waals surface area contributed by atoms with Crippen molar-refractivity contribution in [3.63, 3.8) is 0 Å². The van der Waals surface area contributed by atoms with Crippen LogP contribution in [0.15, 0.2) is 30.3 Å². The maximum absolute atomic E-state index is 12.6. The lowest BCUT2D eigenvalue weighted by Gasteiger charge is -2.30. The van der Waals surface area contributed by atoms with Gasteiger partial charge in [-0.2, -0.15) is 0 Å². The molecule has 104 valence electrons. The molecule has 2 aromatic rings. The van der Waals surface area contributed by atoms with Gasteiger partial charge >= 0.3 is 0 Å². The normalized spacial score (nSPS) is 16.6. The molecule has 0 unspecified atom stereocenters. The van der Waals surface area contributed by atoms with Gasteiger partial charge in [0.2, 0.25) is 0 Å². The summed E-state index contributed by atoms with van der Waals surface area (Å²) in [6, 6.07) is 9.10. The van der Waals surface area contributed by atoms with E-state index in [1.807, 2.05) is 24.3 Å². The lowest BCUT2D eigenvalue weighted by molar-refractivity contribution is 0.0548. The molecule has 1 aromatic carbocycles. The molecule has 0 bridgehead atoms. The fourth-order valence-electron chi connectivity index (χ4n) is 2.56. The molecule has 20 heavy (non-hydrogen) atoms. The summed E-state index contributed by atoms with van der Waals surface area (Å²) in [5.74, 6) is -0.0441. The highest BCUT2D eigenvalue weighted by Gasteiger charge is 2.24. The Morgan fingerprint density at radius 1 is 1.30 bits per heavy atom. The number of halogens is 1. The molecule has 3 rings (SSSR count). The molecule has 1 N–H and O–H groups in total. The fraction of sp³-hybridized carbons (Fsp3) is 0.333. The van der Waals surface area contributed by atoms with Crippen LogP contribution in [-0.2, 0) is 0 Å². The lowest BCUT2D eigenvalue weighted by Crippen LogP contribution is -2.40. The standard InChI is InChI=1S/C15H15ClN2O2/c16-14-9-12(11-3-1-2-4-13(11)17-14)15(20)18-7-5-10(19)6-8-18/h1-4,9-10,19H,5-8H2. The molecule has 0 atom stereocenters. The third-order valence-electron chi connectivity index (χ3n) is 3.67. The van der Waals surface area contributed by atoms with Gasteiger partial charge in [-0.15, -0.1) is 0 Å². The number of amides is 1. The first kappa shape index (κ1) is 13.3. The monoisotopic (exact) mass is 290 g/mol. The summed E-state index contributed by atoms with van der Waals surface area (Å²) >= 11 is 6.01. The largest absolute Gasteiger partial charge is 0.393 e. The van der Waals surface area contributed by atoms with Gasteiger partial charge in [-0.25, -0.2) is 4.98 Å². The van der Waals surface area contributed by atoms with E-state index in [9.17, 15) is 9.90 Å². The highest BCUT2D eigenvalue weighted by atomic mass is 35.5. The second-order valence-corrected chi connectivity index (χ2v) is 5.42. The van der Waals surface area contributed by atoms with Gasteiger partial charge in [-0.3, -0.25) is 4.79 Å². The molecule has 1 fully saturated rings. The van der Waals surface area contributed by atoms with Crippen LogP contribution in [0.1, 0.15) is 23.2 Å². The predicted octanol–water partition coefficient (Wildman–Crippen LogP) is 2.49. The molecule has 1 aliphatic rings. The molecule has 1 saturated heterocycles. The number of carbonyl (C=O) groups is 1. The number of carbonyl (C=O) groups excluding carboxylic acids is 1. The van der Waals surface area contributed by atoms with E-state index in [2.05, 4.69) is 4.98 Å². The zero-order valence-electron chi connectivity index (χ0n) is 10.9. The molecule has 4 nitrogen and oxygen atoms in total. The van der Waals surface area contributed by atoms with Gasteiger partial charge in [-0.1, -0.05) is 29.8 Å². The quantitative estimate of drug-likeness (QED) is 0.821. The molecule has 0 aliphatic carbocycles. The van der Waals surface area contributed by atoms with Crippen molar-refractivity contribution in [2.75, 3.05) is 13.1 Å². The molecule has 1 aromatic heterocycles. The summed E-state index contributed by atoms with van der Waals surface area (Å²) < 4.78 is 0. The smallest absolute Gasteiger partial charge is 0.254 e. The van der Waals surface area contributed by atoms with Crippen molar-refractivity contribution < 1.29 is 9.90 Å². The van der Waals surface area contributed by atoms with Crippen molar-refractivity contribution in [1.29, 1.82) is 0 Å². The maximum atomic E-state index is 12.6. The Balaban J connectivity index is 1.99. The van der Waals surface area contributed by atoms with Crippen LogP contribution in [-0.4, -0.2) is 40.1 Å². The van der Waals surface area contributed by atoms with Crippen molar-refractivity contribution in [2.24, 2.45) is 0 Å². The van der Waals surface area contributed by atoms with Crippen molar-refractivity contribution >= 4 is 28.4 Å². The number of benzene rings is 1. The predicted molar refractivity (Wildman–Crippen MR) is 77.9 cm³/mol. The molecule has 5 heteroatoms. The van der Waals surface area contributed by atoms with Crippen LogP contribution in [0.5, 0.6) is 0 Å². The van der Waals surface area contributed by atoms with Gasteiger partial charge < -0.3 is 10.0 Å². The van der Waals surface area contributed by atoms with Gasteiger partial charge in [0, 0.05) is 18.5 Å². The number of aliphatic hydroxyl groups excluding tert-OH is 1. The van der Waals surface area contributed by atoms with Crippen molar-refractivity contribution in [3.05, 3.63) is 41.0 Å². The number of piperidine rings is 1. The lowest BCUT2D eigenvalue weighted by atomic mass is 10.0. The first-order valence-corrected chi connectivity index (χ1v) is 7.05. The second kappa shape index (κ2) is 5.38. The number of nitrogens with zero attached hydrogens (tertiary/aromatic N) is 2. The highest BCUT2D eigenvalue weighted by Crippen LogP contribution is 2.23. The molecule has 0 spiro atoms. The number of rotatable bonds is 1. The Bertz CT molecular complexity index is 651. The number of para-hydroxylation sites is 1. The zero-order chi connectivity index (χ0) is 14.1. The van der Waals surface area contributed by atoms with Crippen molar-refractivity contribution in [3.8, 4) is 0 Å². The average Bonchev–Trinajstić information content (AvgIpc) is 2.46. The molecule has 2 heterocycles. The van der Waals surface area contributed by atoms with Crippen LogP contribution in [0.25, 0.3) is 10.9 Å². The molecule has 1 aliphatic heterocycles. The molecule has 0 saturated carbocycles. The summed E-state index contributed by atoms with van der Waals surface area (Å²) in [6.45, 7) is 1.16. The number of fused-ring (bicyclic) bond motifs is 1. The van der Waals surface area contributed by atoms with Crippen LogP contribution in [0.3, 0.4) is 0 Å². The number of aliphatic hydroxyl groups is 1. The first-order chi connectivity index (χ1) is 9.65. The van der Waals surface area contributed by atoms with Gasteiger partial charge in [0.25, 0.3) is 5.91 Å². The zero-order valence-corrected chi connectivity index (χ0v) is 11.7. The van der Waals surface area contributed by atoms with Crippen LogP contribution in [0, 0.1) is 0 Å². The molecular weight excluding hydrogens is 276 g/mol. The summed E-state index contributed by atoms with van der Waals surface area (Å²) in [5, 5.41) is 10.7. The second-order valence-electron chi connectivity index (χ2n) is 5.03. The third-order valence-corrected chi connectivity index (χ3v) is 3.86. The Hall–Kier alpha value is -1.65. The Kier molecular flexibility index (Phi) is 3.59. The summed E-state index contributed by atoms with van der Waals surface area (Å²) in [5.41, 5.74) is 1.30. The molecule has 0 radical (unpaired) electrons. The minimum absolute atomic E-state index is 0.0441. The van der Waals surface area contributed by atoms with E-state index in [4.69, 9.17) is 11.6 Å². The van der Waals surface area contributed by atoms with E-state index in [0.717, 1.165) is 10.9 Å². The van der Waals surface area contributed by atoms with E-state index in [-0.39, 0.29) is 12.0 Å². The Labute approximate surface area is 122 Å². The van der Waals surface area contributed by atoms with E-state index in [1.165, 1.54) is 0 Å². The third kappa shape index (κ3) is 2.49. The minimum atomic E-state index is -0.295. The van der Waals surface area contributed by atoms with Crippen LogP contribution >= 0.6 is 11.6 Å². The van der Waals surface area contributed by atoms with Gasteiger partial charge in [0.15, 0.2) is 0 Å². The number of hydrogen-bond acceptors (Lipinski definition) is 3. The van der Waals surface area contributed by atoms with Gasteiger partial charge in [-0.05, 0) is 25.0 Å². The number of pyridine rings is 1. The highest BCUT2D eigenvalue weighted by molar-refractivity contribution is 6.30. The number of hydrogen-bond donors (Lipinski definition) is 1. The number of likely N-dealkylation sites (tertiary alicyclic amines) is 1. The SMILES string of the molecule is O=C(c1cc(Cl)nc2ccccc12)N1CCC(O)CC1. The van der Waals surface area contributed by atoms with E-state index in [0.29, 0.717) is 36.6 Å². The Morgan fingerprint density at radius 2 is 2.00 bits per heavy atom. The average molecular weight is 291 g/mol. The summed E-state index contributed by atoms with van der Waals surface area (Å²) in [6.07, 6.45) is 0.960. The van der Waals surface area contributed by atoms with E-state index >= 15 is 0 Å². The van der Waals surface area contributed by atoms with Crippen LogP contribution in [0.4, 0.5) is 0 Å². The Morgan fingerprint density at radius 3 is 2.75 bits per heavy atom. The van der Waals surface area contributed by atoms with Crippen LogP contribution < -0.4 is 0 Å². The first-order valence-electron chi connectivity index (χ1n) is 6.68. The molecule has 1 amide bonds. The van der Waals surface area contributed by atoms with Crippen molar-refractivity contribution in [2.45, 2.75) is 18.9 Å². The minimum Gasteiger partial charge on any atom is -0.393 e. The summed E-state index contributed by atoms with van der Waals surface area (Å²) in [4.78, 5) is 18.6. The topological polar surface area (TPSA) is 53.4 Å². The van der Waals surface area contributed by atoms with E-state index < -0.39 is 0 Å². The van der Waals surface area contributed by atoms with Gasteiger partial charge in [0.1, 0.15) is 5.15 Å². The van der Waals surface area contributed by atoms with E-state index in [1.54, 1.807) is 11.0 Å². The van der Waals surface area contributed by atoms with Crippen LogP contribution in [0.2, 0.25) is 5.15 Å². The fourth-order valence-corrected chi connectivity index (χ4v) is 2.76.